The molecule has 1 heterocycles. The Balaban J connectivity index is 2.10. The van der Waals surface area contributed by atoms with E-state index in [9.17, 15) is 4.79 Å². The number of benzene rings is 2. The van der Waals surface area contributed by atoms with Crippen LogP contribution in [0, 0.1) is 0 Å². The molecule has 1 atom stereocenters. The second kappa shape index (κ2) is 5.27. The third kappa shape index (κ3) is 2.00. The zero-order valence-electron chi connectivity index (χ0n) is 10.9. The molecule has 4 nitrogen and oxygen atoms in total. The number of rotatable bonds is 3. The zero-order chi connectivity index (χ0) is 13.9. The van der Waals surface area contributed by atoms with Crippen LogP contribution in [0.25, 0.3) is 0 Å². The van der Waals surface area contributed by atoms with Crippen LogP contribution in [0.2, 0.25) is 0 Å². The molecule has 1 aliphatic rings. The van der Waals surface area contributed by atoms with Crippen molar-refractivity contribution in [2.24, 2.45) is 10.7 Å². The summed E-state index contributed by atoms with van der Waals surface area (Å²) in [6.07, 6.45) is 2.65. The summed E-state index contributed by atoms with van der Waals surface area (Å²) in [5.74, 6) is 0. The molecule has 0 aliphatic carbocycles. The Kier molecular flexibility index (Phi) is 3.31. The molecule has 0 fully saturated rings. The number of hydrogen-bond acceptors (Lipinski definition) is 4. The summed E-state index contributed by atoms with van der Waals surface area (Å²) in [4.78, 5) is 17.9. The van der Waals surface area contributed by atoms with Crippen LogP contribution < -0.4 is 10.6 Å². The molecule has 4 heteroatoms. The van der Waals surface area contributed by atoms with Gasteiger partial charge >= 0.3 is 0 Å². The summed E-state index contributed by atoms with van der Waals surface area (Å²) < 4.78 is 0. The molecule has 3 rings (SSSR count). The summed E-state index contributed by atoms with van der Waals surface area (Å²) in [7, 11) is 0. The van der Waals surface area contributed by atoms with Gasteiger partial charge in [0, 0.05) is 17.8 Å². The van der Waals surface area contributed by atoms with E-state index in [2.05, 4.69) is 4.99 Å². The first-order valence-corrected chi connectivity index (χ1v) is 6.50. The molecule has 0 saturated heterocycles. The maximum absolute atomic E-state index is 11.6. The van der Waals surface area contributed by atoms with Crippen LogP contribution in [0.1, 0.15) is 17.2 Å². The predicted molar refractivity (Wildman–Crippen MR) is 80.2 cm³/mol. The maximum Gasteiger partial charge on any atom is 0.147 e. The first kappa shape index (κ1) is 12.6. The molecule has 0 aromatic heterocycles. The maximum atomic E-state index is 11.6. The van der Waals surface area contributed by atoms with Gasteiger partial charge in [-0.15, -0.1) is 0 Å². The van der Waals surface area contributed by atoms with E-state index < -0.39 is 0 Å². The highest BCUT2D eigenvalue weighted by Gasteiger charge is 2.25. The molecule has 20 heavy (non-hydrogen) atoms. The lowest BCUT2D eigenvalue weighted by atomic mass is 10.0. The second-order valence-electron chi connectivity index (χ2n) is 4.62. The van der Waals surface area contributed by atoms with E-state index in [0.717, 1.165) is 28.8 Å². The molecular formula is C16H15N3O. The molecule has 1 aliphatic heterocycles. The number of nitrogens with two attached hydrogens (primary N) is 1. The van der Waals surface area contributed by atoms with E-state index in [1.54, 1.807) is 6.34 Å². The molecule has 0 amide bonds. The van der Waals surface area contributed by atoms with Crippen molar-refractivity contribution in [2.45, 2.75) is 12.6 Å². The molecule has 1 unspecified atom stereocenters. The van der Waals surface area contributed by atoms with Crippen molar-refractivity contribution in [1.29, 1.82) is 0 Å². The van der Waals surface area contributed by atoms with E-state index in [1.807, 2.05) is 53.4 Å². The van der Waals surface area contributed by atoms with Crippen LogP contribution in [-0.2, 0) is 11.3 Å². The van der Waals surface area contributed by atoms with Crippen LogP contribution >= 0.6 is 0 Å². The third-order valence-corrected chi connectivity index (χ3v) is 3.49. The highest BCUT2D eigenvalue weighted by Crippen LogP contribution is 2.35. The van der Waals surface area contributed by atoms with Crippen molar-refractivity contribution in [3.63, 3.8) is 0 Å². The topological polar surface area (TPSA) is 58.7 Å². The molecule has 100 valence electrons. The Morgan fingerprint density at radius 3 is 2.70 bits per heavy atom. The van der Waals surface area contributed by atoms with Gasteiger partial charge in [-0.1, -0.05) is 36.4 Å². The van der Waals surface area contributed by atoms with E-state index in [-0.39, 0.29) is 6.04 Å². The predicted octanol–water partition coefficient (Wildman–Crippen LogP) is 2.57. The van der Waals surface area contributed by atoms with E-state index >= 15 is 0 Å². The summed E-state index contributed by atoms with van der Waals surface area (Å²) >= 11 is 0. The Labute approximate surface area is 117 Å². The first-order chi connectivity index (χ1) is 9.85. The number of nitrogens with zero attached hydrogens (tertiary/aromatic N) is 2. The fourth-order valence-corrected chi connectivity index (χ4v) is 2.49. The van der Waals surface area contributed by atoms with Gasteiger partial charge in [0.1, 0.15) is 12.3 Å². The molecule has 0 radical (unpaired) electrons. The molecule has 0 bridgehead atoms. The molecule has 0 spiro atoms. The van der Waals surface area contributed by atoms with Gasteiger partial charge in [0.05, 0.1) is 12.0 Å². The van der Waals surface area contributed by atoms with Crippen LogP contribution in [0.5, 0.6) is 0 Å². The number of carbonyl (C=O) groups is 1. The van der Waals surface area contributed by atoms with Gasteiger partial charge in [0.25, 0.3) is 0 Å². The number of para-hydroxylation sites is 2. The minimum atomic E-state index is -0.364. The van der Waals surface area contributed by atoms with Crippen LogP contribution in [-0.4, -0.2) is 12.6 Å². The normalized spacial score (nSPS) is 16.9. The largest absolute Gasteiger partial charge is 0.326 e. The molecule has 2 aromatic carbocycles. The van der Waals surface area contributed by atoms with E-state index in [1.165, 1.54) is 0 Å². The van der Waals surface area contributed by atoms with Crippen molar-refractivity contribution < 1.29 is 4.79 Å². The minimum absolute atomic E-state index is 0.364. The van der Waals surface area contributed by atoms with E-state index in [0.29, 0.717) is 6.54 Å². The average molecular weight is 265 g/mol. The number of aldehydes is 1. The SMILES string of the molecule is NCc1ccccc1N1C=Nc2ccccc2C1C=O. The quantitative estimate of drug-likeness (QED) is 0.868. The Bertz CT molecular complexity index is 666. The number of hydrogen-bond donors (Lipinski definition) is 1. The summed E-state index contributed by atoms with van der Waals surface area (Å²) in [5, 5.41) is 0. The molecule has 2 N–H and O–H groups in total. The smallest absolute Gasteiger partial charge is 0.147 e. The highest BCUT2D eigenvalue weighted by atomic mass is 16.1. The van der Waals surface area contributed by atoms with Crippen molar-refractivity contribution in [3.05, 3.63) is 59.7 Å². The molecule has 0 saturated carbocycles. The summed E-state index contributed by atoms with van der Waals surface area (Å²) in [6.45, 7) is 0.424. The van der Waals surface area contributed by atoms with Gasteiger partial charge in [-0.2, -0.15) is 0 Å². The lowest BCUT2D eigenvalue weighted by Crippen LogP contribution is -2.31. The number of carbonyl (C=O) groups excluding carboxylic acids is 1. The van der Waals surface area contributed by atoms with Crippen LogP contribution in [0.4, 0.5) is 11.4 Å². The zero-order valence-corrected chi connectivity index (χ0v) is 10.9. The van der Waals surface area contributed by atoms with Crippen molar-refractivity contribution in [3.8, 4) is 0 Å². The van der Waals surface area contributed by atoms with Crippen molar-refractivity contribution in [1.82, 2.24) is 0 Å². The third-order valence-electron chi connectivity index (χ3n) is 3.49. The minimum Gasteiger partial charge on any atom is -0.326 e. The van der Waals surface area contributed by atoms with Crippen molar-refractivity contribution in [2.75, 3.05) is 4.90 Å². The lowest BCUT2D eigenvalue weighted by Gasteiger charge is -2.31. The van der Waals surface area contributed by atoms with Gasteiger partial charge in [0.15, 0.2) is 0 Å². The van der Waals surface area contributed by atoms with E-state index in [4.69, 9.17) is 5.73 Å². The van der Waals surface area contributed by atoms with Gasteiger partial charge in [-0.25, -0.2) is 4.99 Å². The monoisotopic (exact) mass is 265 g/mol. The lowest BCUT2D eigenvalue weighted by molar-refractivity contribution is -0.108. The average Bonchev–Trinajstić information content (AvgIpc) is 2.53. The van der Waals surface area contributed by atoms with Gasteiger partial charge in [-0.3, -0.25) is 0 Å². The van der Waals surface area contributed by atoms with Crippen LogP contribution in [0.15, 0.2) is 53.5 Å². The summed E-state index contributed by atoms with van der Waals surface area (Å²) in [5.41, 5.74) is 9.44. The van der Waals surface area contributed by atoms with Crippen molar-refractivity contribution >= 4 is 24.0 Å². The standard InChI is InChI=1S/C16H15N3O/c17-9-12-5-1-4-8-15(12)19-11-18-14-7-3-2-6-13(14)16(19)10-20/h1-8,10-11,16H,9,17H2. The first-order valence-electron chi connectivity index (χ1n) is 6.50. The van der Waals surface area contributed by atoms with Gasteiger partial charge in [0.2, 0.25) is 0 Å². The fourth-order valence-electron chi connectivity index (χ4n) is 2.49. The number of anilines is 1. The fraction of sp³-hybridized carbons (Fsp3) is 0.125. The Morgan fingerprint density at radius 2 is 1.90 bits per heavy atom. The van der Waals surface area contributed by atoms with Crippen LogP contribution in [0.3, 0.4) is 0 Å². The molecule has 2 aromatic rings. The second-order valence-corrected chi connectivity index (χ2v) is 4.62. The Hall–Kier alpha value is -2.46. The summed E-state index contributed by atoms with van der Waals surface area (Å²) in [6, 6.07) is 15.1. The van der Waals surface area contributed by atoms with Gasteiger partial charge in [-0.05, 0) is 17.7 Å². The Morgan fingerprint density at radius 1 is 1.15 bits per heavy atom. The number of fused-ring (bicyclic) bond motifs is 1. The van der Waals surface area contributed by atoms with Gasteiger partial charge < -0.3 is 15.4 Å². The molecular weight excluding hydrogens is 250 g/mol. The highest BCUT2D eigenvalue weighted by molar-refractivity contribution is 5.92. The number of aliphatic imine (C=N–C) groups is 1.